The predicted molar refractivity (Wildman–Crippen MR) is 95.9 cm³/mol. The minimum atomic E-state index is -0.441. The highest BCUT2D eigenvalue weighted by atomic mass is 35.5. The molecule has 2 aromatic rings. The second-order valence-electron chi connectivity index (χ2n) is 5.70. The Morgan fingerprint density at radius 3 is 2.68 bits per heavy atom. The lowest BCUT2D eigenvalue weighted by Gasteiger charge is -2.38. The van der Waals surface area contributed by atoms with Gasteiger partial charge in [0, 0.05) is 4.90 Å². The fourth-order valence-electron chi connectivity index (χ4n) is 2.52. The van der Waals surface area contributed by atoms with E-state index in [1.165, 1.54) is 28.8 Å². The van der Waals surface area contributed by atoms with Gasteiger partial charge in [0.1, 0.15) is 11.2 Å². The Kier molecular flexibility index (Phi) is 5.30. The molecule has 0 unspecified atom stereocenters. The van der Waals surface area contributed by atoms with Gasteiger partial charge in [0.05, 0.1) is 17.5 Å². The number of carbonyl (C=O) groups is 2. The van der Waals surface area contributed by atoms with Crippen LogP contribution in [0.25, 0.3) is 0 Å². The Morgan fingerprint density at radius 1 is 1.32 bits per heavy atom. The first-order valence-corrected chi connectivity index (χ1v) is 9.00. The number of hydrogen-bond acceptors (Lipinski definition) is 3. The summed E-state index contributed by atoms with van der Waals surface area (Å²) in [5.74, 6) is -0.668. The number of amides is 3. The number of nitrogens with one attached hydrogen (secondary N) is 1. The minimum absolute atomic E-state index is 0.220. The Bertz CT molecular complexity index is 803. The fraction of sp³-hybridized carbons (Fsp3) is 0.222. The summed E-state index contributed by atoms with van der Waals surface area (Å²) < 4.78 is 13.1. The number of hydrogen-bond donors (Lipinski definition) is 1. The van der Waals surface area contributed by atoms with Crippen LogP contribution >= 0.6 is 23.4 Å². The number of nitrogens with zero attached hydrogens (tertiary/aromatic N) is 1. The van der Waals surface area contributed by atoms with Gasteiger partial charge in [0.25, 0.3) is 0 Å². The van der Waals surface area contributed by atoms with Crippen LogP contribution in [0.4, 0.5) is 9.18 Å². The van der Waals surface area contributed by atoms with E-state index in [4.69, 9.17) is 11.6 Å². The van der Waals surface area contributed by atoms with E-state index >= 15 is 0 Å². The van der Waals surface area contributed by atoms with Crippen LogP contribution in [0.5, 0.6) is 0 Å². The number of carbonyl (C=O) groups excluding carboxylic acids is 2. The number of thioether (sulfide) groups is 1. The van der Waals surface area contributed by atoms with Crippen LogP contribution in [0.15, 0.2) is 53.4 Å². The average Bonchev–Trinajstić information content (AvgIpc) is 2.57. The van der Waals surface area contributed by atoms with Crippen LogP contribution < -0.4 is 5.32 Å². The predicted octanol–water partition coefficient (Wildman–Crippen LogP) is 4.60. The van der Waals surface area contributed by atoms with Crippen molar-refractivity contribution in [2.45, 2.75) is 29.7 Å². The smallest absolute Gasteiger partial charge is 0.325 e. The molecule has 3 amide bonds. The molecule has 25 heavy (non-hydrogen) atoms. The lowest BCUT2D eigenvalue weighted by Crippen LogP contribution is -2.57. The van der Waals surface area contributed by atoms with E-state index in [-0.39, 0.29) is 28.8 Å². The van der Waals surface area contributed by atoms with Crippen LogP contribution in [-0.4, -0.2) is 22.2 Å². The SMILES string of the molecule is C[C@@H](NC(=O)N1C(=O)C[C@H]1Sc1ccc(F)cc1Cl)c1ccccc1. The molecule has 1 saturated heterocycles. The Hall–Kier alpha value is -2.05. The van der Waals surface area contributed by atoms with Crippen LogP contribution in [0, 0.1) is 5.82 Å². The van der Waals surface area contributed by atoms with Gasteiger partial charge in [-0.3, -0.25) is 9.69 Å². The van der Waals surface area contributed by atoms with Crippen molar-refractivity contribution in [3.8, 4) is 0 Å². The Morgan fingerprint density at radius 2 is 2.04 bits per heavy atom. The Labute approximate surface area is 154 Å². The zero-order valence-corrected chi connectivity index (χ0v) is 15.0. The van der Waals surface area contributed by atoms with Gasteiger partial charge in [-0.2, -0.15) is 0 Å². The molecule has 0 radical (unpaired) electrons. The lowest BCUT2D eigenvalue weighted by atomic mass is 10.1. The highest BCUT2D eigenvalue weighted by molar-refractivity contribution is 8.00. The maximum absolute atomic E-state index is 13.1. The zero-order valence-electron chi connectivity index (χ0n) is 13.4. The van der Waals surface area contributed by atoms with Gasteiger partial charge in [-0.1, -0.05) is 53.7 Å². The summed E-state index contributed by atoms with van der Waals surface area (Å²) in [4.78, 5) is 26.2. The average molecular weight is 379 g/mol. The number of benzene rings is 2. The summed E-state index contributed by atoms with van der Waals surface area (Å²) in [5.41, 5.74) is 0.953. The normalized spacial score (nSPS) is 17.8. The van der Waals surface area contributed by atoms with E-state index in [2.05, 4.69) is 5.32 Å². The topological polar surface area (TPSA) is 49.4 Å². The second kappa shape index (κ2) is 7.45. The Balaban J connectivity index is 1.66. The second-order valence-corrected chi connectivity index (χ2v) is 7.32. The molecule has 2 atom stereocenters. The van der Waals surface area contributed by atoms with Crippen molar-refractivity contribution in [1.29, 1.82) is 0 Å². The van der Waals surface area contributed by atoms with Crippen molar-refractivity contribution in [2.24, 2.45) is 0 Å². The molecule has 130 valence electrons. The quantitative estimate of drug-likeness (QED) is 0.791. The number of imide groups is 1. The minimum Gasteiger partial charge on any atom is -0.331 e. The summed E-state index contributed by atoms with van der Waals surface area (Å²) in [6.07, 6.45) is 0.242. The number of likely N-dealkylation sites (tertiary alicyclic amines) is 1. The molecule has 7 heteroatoms. The molecular weight excluding hydrogens is 363 g/mol. The van der Waals surface area contributed by atoms with Gasteiger partial charge in [0.2, 0.25) is 5.91 Å². The number of β-lactam (4-membered cyclic amide) rings is 1. The third-order valence-corrected chi connectivity index (χ3v) is 5.61. The fourth-order valence-corrected chi connectivity index (χ4v) is 3.98. The molecule has 0 bridgehead atoms. The van der Waals surface area contributed by atoms with Gasteiger partial charge < -0.3 is 5.32 Å². The molecule has 1 aliphatic heterocycles. The van der Waals surface area contributed by atoms with Crippen LogP contribution in [-0.2, 0) is 4.79 Å². The first kappa shape index (κ1) is 17.8. The van der Waals surface area contributed by atoms with Gasteiger partial charge in [-0.05, 0) is 30.7 Å². The molecule has 0 aromatic heterocycles. The van der Waals surface area contributed by atoms with E-state index in [9.17, 15) is 14.0 Å². The highest BCUT2D eigenvalue weighted by Gasteiger charge is 2.42. The van der Waals surface area contributed by atoms with E-state index in [0.29, 0.717) is 4.90 Å². The summed E-state index contributed by atoms with van der Waals surface area (Å²) in [6, 6.07) is 12.9. The van der Waals surface area contributed by atoms with E-state index < -0.39 is 11.8 Å². The molecule has 2 aromatic carbocycles. The summed E-state index contributed by atoms with van der Waals surface area (Å²) in [5, 5.41) is 2.75. The monoisotopic (exact) mass is 378 g/mol. The standard InChI is InChI=1S/C18H16ClFN2O2S/c1-11(12-5-3-2-4-6-12)21-18(24)22-16(23)10-17(22)25-15-8-7-13(20)9-14(15)19/h2-9,11,17H,10H2,1H3,(H,21,24)/t11-,17-/m1/s1. The third-order valence-electron chi connectivity index (χ3n) is 3.92. The molecular formula is C18H16ClFN2O2S. The third kappa shape index (κ3) is 3.96. The number of urea groups is 1. The summed E-state index contributed by atoms with van der Waals surface area (Å²) >= 11 is 7.29. The molecule has 3 rings (SSSR count). The summed E-state index contributed by atoms with van der Waals surface area (Å²) in [6.45, 7) is 1.86. The molecule has 1 N–H and O–H groups in total. The van der Waals surface area contributed by atoms with E-state index in [1.807, 2.05) is 37.3 Å². The highest BCUT2D eigenvalue weighted by Crippen LogP contribution is 2.38. The van der Waals surface area contributed by atoms with Crippen molar-refractivity contribution in [1.82, 2.24) is 10.2 Å². The van der Waals surface area contributed by atoms with Crippen LogP contribution in [0.3, 0.4) is 0 Å². The molecule has 0 spiro atoms. The molecule has 1 aliphatic rings. The van der Waals surface area contributed by atoms with Gasteiger partial charge in [-0.25, -0.2) is 9.18 Å². The van der Waals surface area contributed by atoms with Crippen LogP contribution in [0.2, 0.25) is 5.02 Å². The molecule has 0 saturated carbocycles. The number of halogens is 2. The maximum Gasteiger partial charge on any atom is 0.325 e. The van der Waals surface area contributed by atoms with Crippen molar-refractivity contribution in [3.05, 3.63) is 64.9 Å². The first-order valence-electron chi connectivity index (χ1n) is 7.75. The van der Waals surface area contributed by atoms with Crippen molar-refractivity contribution < 1.29 is 14.0 Å². The van der Waals surface area contributed by atoms with E-state index in [1.54, 1.807) is 6.07 Å². The molecule has 0 aliphatic carbocycles. The van der Waals surface area contributed by atoms with Gasteiger partial charge in [-0.15, -0.1) is 0 Å². The molecule has 4 nitrogen and oxygen atoms in total. The van der Waals surface area contributed by atoms with Crippen molar-refractivity contribution in [2.75, 3.05) is 0 Å². The van der Waals surface area contributed by atoms with Crippen LogP contribution in [0.1, 0.15) is 24.9 Å². The van der Waals surface area contributed by atoms with Gasteiger partial charge >= 0.3 is 6.03 Å². The maximum atomic E-state index is 13.1. The van der Waals surface area contributed by atoms with Crippen molar-refractivity contribution >= 4 is 35.3 Å². The van der Waals surface area contributed by atoms with E-state index in [0.717, 1.165) is 5.56 Å². The zero-order chi connectivity index (χ0) is 18.0. The first-order chi connectivity index (χ1) is 12.0. The van der Waals surface area contributed by atoms with Crippen molar-refractivity contribution in [3.63, 3.8) is 0 Å². The summed E-state index contributed by atoms with van der Waals surface area (Å²) in [7, 11) is 0. The molecule has 1 heterocycles. The molecule has 1 fully saturated rings. The van der Waals surface area contributed by atoms with Gasteiger partial charge in [0.15, 0.2) is 0 Å². The number of rotatable bonds is 4. The largest absolute Gasteiger partial charge is 0.331 e. The lowest BCUT2D eigenvalue weighted by molar-refractivity contribution is -0.137.